The Hall–Kier alpha value is -3.71. The zero-order valence-corrected chi connectivity index (χ0v) is 17.4. The molecule has 32 heavy (non-hydrogen) atoms. The van der Waals surface area contributed by atoms with E-state index in [1.54, 1.807) is 6.92 Å². The van der Waals surface area contributed by atoms with E-state index in [2.05, 4.69) is 0 Å². The number of carbonyl (C=O) groups is 1. The Bertz CT molecular complexity index is 1190. The number of methoxy groups -OCH3 is 2. The Morgan fingerprint density at radius 2 is 1.91 bits per heavy atom. The standard InChI is InChI=1S/C22H19F3N2O5/c1-4-31-21(28)15-6-5-14(7-19(15)32-12-29-2)27-11-13(10-26)16-8-20(30-3)17(9-18(16)27)22(23,24)25/h5-9,11H,4,12H2,1-3H3. The molecular weight excluding hydrogens is 429 g/mol. The first kappa shape index (κ1) is 23.0. The Morgan fingerprint density at radius 1 is 1.16 bits per heavy atom. The summed E-state index contributed by atoms with van der Waals surface area (Å²) in [4.78, 5) is 12.2. The molecule has 0 radical (unpaired) electrons. The number of rotatable bonds is 7. The van der Waals surface area contributed by atoms with E-state index < -0.39 is 17.7 Å². The summed E-state index contributed by atoms with van der Waals surface area (Å²) in [5, 5.41) is 9.79. The van der Waals surface area contributed by atoms with E-state index in [9.17, 15) is 23.2 Å². The summed E-state index contributed by atoms with van der Waals surface area (Å²) in [6.45, 7) is 1.64. The van der Waals surface area contributed by atoms with Gasteiger partial charge < -0.3 is 23.5 Å². The fraction of sp³-hybridized carbons (Fsp3) is 0.273. The number of aromatic nitrogens is 1. The fourth-order valence-electron chi connectivity index (χ4n) is 3.22. The van der Waals surface area contributed by atoms with Gasteiger partial charge in [0.25, 0.3) is 0 Å². The third-order valence-electron chi connectivity index (χ3n) is 4.62. The second-order valence-electron chi connectivity index (χ2n) is 6.54. The highest BCUT2D eigenvalue weighted by molar-refractivity contribution is 5.94. The molecule has 0 N–H and O–H groups in total. The number of alkyl halides is 3. The van der Waals surface area contributed by atoms with Crippen molar-refractivity contribution in [1.29, 1.82) is 5.26 Å². The van der Waals surface area contributed by atoms with E-state index in [0.29, 0.717) is 5.69 Å². The van der Waals surface area contributed by atoms with E-state index in [1.807, 2.05) is 6.07 Å². The molecule has 0 aliphatic heterocycles. The molecule has 0 fully saturated rings. The number of carbonyl (C=O) groups excluding carboxylic acids is 1. The maximum absolute atomic E-state index is 13.6. The molecule has 1 aromatic heterocycles. The quantitative estimate of drug-likeness (QED) is 0.385. The van der Waals surface area contributed by atoms with Crippen molar-refractivity contribution < 1.29 is 36.9 Å². The number of nitrogens with zero attached hydrogens (tertiary/aromatic N) is 2. The zero-order chi connectivity index (χ0) is 23.5. The predicted octanol–water partition coefficient (Wildman–Crippen LogP) is 4.69. The average molecular weight is 448 g/mol. The minimum absolute atomic E-state index is 0.118. The molecule has 0 amide bonds. The van der Waals surface area contributed by atoms with Gasteiger partial charge in [-0.1, -0.05) is 0 Å². The van der Waals surface area contributed by atoms with Crippen LogP contribution in [-0.2, 0) is 15.7 Å². The second-order valence-corrected chi connectivity index (χ2v) is 6.54. The van der Waals surface area contributed by atoms with Gasteiger partial charge in [0, 0.05) is 30.4 Å². The van der Waals surface area contributed by atoms with Gasteiger partial charge in [-0.05, 0) is 31.2 Å². The molecule has 7 nitrogen and oxygen atoms in total. The fourth-order valence-corrected chi connectivity index (χ4v) is 3.22. The molecule has 0 aliphatic rings. The predicted molar refractivity (Wildman–Crippen MR) is 108 cm³/mol. The van der Waals surface area contributed by atoms with E-state index in [4.69, 9.17) is 18.9 Å². The van der Waals surface area contributed by atoms with Crippen LogP contribution in [0.1, 0.15) is 28.4 Å². The highest BCUT2D eigenvalue weighted by Gasteiger charge is 2.35. The van der Waals surface area contributed by atoms with Crippen LogP contribution in [0.5, 0.6) is 11.5 Å². The van der Waals surface area contributed by atoms with Crippen molar-refractivity contribution in [2.45, 2.75) is 13.1 Å². The second kappa shape index (κ2) is 9.20. The van der Waals surface area contributed by atoms with Crippen LogP contribution in [0.2, 0.25) is 0 Å². The molecule has 0 saturated heterocycles. The lowest BCUT2D eigenvalue weighted by atomic mass is 10.1. The largest absolute Gasteiger partial charge is 0.496 e. The molecule has 10 heteroatoms. The van der Waals surface area contributed by atoms with Gasteiger partial charge in [0.05, 0.1) is 30.4 Å². The maximum Gasteiger partial charge on any atom is 0.420 e. The molecule has 3 rings (SSSR count). The Balaban J connectivity index is 2.24. The summed E-state index contributed by atoms with van der Waals surface area (Å²) in [6.07, 6.45) is -3.26. The van der Waals surface area contributed by atoms with Crippen molar-refractivity contribution in [2.24, 2.45) is 0 Å². The van der Waals surface area contributed by atoms with Crippen LogP contribution in [0.4, 0.5) is 13.2 Å². The van der Waals surface area contributed by atoms with Crippen LogP contribution < -0.4 is 9.47 Å². The summed E-state index contributed by atoms with van der Waals surface area (Å²) in [6, 6.07) is 8.50. The van der Waals surface area contributed by atoms with Gasteiger partial charge in [0.2, 0.25) is 0 Å². The highest BCUT2D eigenvalue weighted by atomic mass is 19.4. The lowest BCUT2D eigenvalue weighted by molar-refractivity contribution is -0.138. The first-order valence-corrected chi connectivity index (χ1v) is 9.38. The van der Waals surface area contributed by atoms with Gasteiger partial charge in [-0.2, -0.15) is 18.4 Å². The molecule has 3 aromatic rings. The Morgan fingerprint density at radius 3 is 2.50 bits per heavy atom. The average Bonchev–Trinajstić information content (AvgIpc) is 3.13. The van der Waals surface area contributed by atoms with E-state index in [-0.39, 0.29) is 46.9 Å². The number of halogens is 3. The van der Waals surface area contributed by atoms with Crippen molar-refractivity contribution in [1.82, 2.24) is 4.57 Å². The van der Waals surface area contributed by atoms with Gasteiger partial charge in [-0.3, -0.25) is 0 Å². The van der Waals surface area contributed by atoms with Crippen LogP contribution in [0.3, 0.4) is 0 Å². The molecule has 0 unspecified atom stereocenters. The van der Waals surface area contributed by atoms with Crippen LogP contribution in [-0.4, -0.2) is 38.2 Å². The number of hydrogen-bond acceptors (Lipinski definition) is 6. The van der Waals surface area contributed by atoms with Gasteiger partial charge in [0.15, 0.2) is 6.79 Å². The molecular formula is C22H19F3N2O5. The van der Waals surface area contributed by atoms with Crippen molar-refractivity contribution in [3.63, 3.8) is 0 Å². The van der Waals surface area contributed by atoms with Gasteiger partial charge in [-0.15, -0.1) is 0 Å². The summed E-state index contributed by atoms with van der Waals surface area (Å²) in [5.41, 5.74) is -0.191. The molecule has 0 bridgehead atoms. The van der Waals surface area contributed by atoms with Gasteiger partial charge in [-0.25, -0.2) is 4.79 Å². The highest BCUT2D eigenvalue weighted by Crippen LogP contribution is 2.40. The summed E-state index contributed by atoms with van der Waals surface area (Å²) in [5.74, 6) is -0.891. The monoisotopic (exact) mass is 448 g/mol. The maximum atomic E-state index is 13.6. The van der Waals surface area contributed by atoms with Crippen molar-refractivity contribution in [3.05, 3.63) is 53.2 Å². The molecule has 1 heterocycles. The number of benzene rings is 2. The van der Waals surface area contributed by atoms with Gasteiger partial charge >= 0.3 is 12.1 Å². The first-order valence-electron chi connectivity index (χ1n) is 9.38. The number of nitriles is 1. The zero-order valence-electron chi connectivity index (χ0n) is 17.4. The minimum Gasteiger partial charge on any atom is -0.496 e. The topological polar surface area (TPSA) is 82.7 Å². The lowest BCUT2D eigenvalue weighted by Gasteiger charge is -2.15. The SMILES string of the molecule is CCOC(=O)c1ccc(-n2cc(C#N)c3cc(OC)c(C(F)(F)F)cc32)cc1OCOC. The van der Waals surface area contributed by atoms with Crippen molar-refractivity contribution in [3.8, 4) is 23.3 Å². The normalized spacial score (nSPS) is 11.3. The minimum atomic E-state index is -4.66. The lowest BCUT2D eigenvalue weighted by Crippen LogP contribution is -2.10. The molecule has 168 valence electrons. The molecule has 0 aliphatic carbocycles. The summed E-state index contributed by atoms with van der Waals surface area (Å²) >= 11 is 0. The summed E-state index contributed by atoms with van der Waals surface area (Å²) in [7, 11) is 2.53. The van der Waals surface area contributed by atoms with Gasteiger partial charge in [0.1, 0.15) is 23.1 Å². The molecule has 2 aromatic carbocycles. The van der Waals surface area contributed by atoms with Crippen LogP contribution in [0.15, 0.2) is 36.5 Å². The number of esters is 1. The van der Waals surface area contributed by atoms with Crippen LogP contribution in [0.25, 0.3) is 16.6 Å². The summed E-state index contributed by atoms with van der Waals surface area (Å²) < 4.78 is 62.4. The number of ether oxygens (including phenoxy) is 4. The Labute approximate surface area is 181 Å². The number of fused-ring (bicyclic) bond motifs is 1. The first-order chi connectivity index (χ1) is 15.2. The van der Waals surface area contributed by atoms with Crippen molar-refractivity contribution >= 4 is 16.9 Å². The number of hydrogen-bond donors (Lipinski definition) is 0. The van der Waals surface area contributed by atoms with E-state index in [1.165, 1.54) is 42.1 Å². The molecule has 0 atom stereocenters. The van der Waals surface area contributed by atoms with E-state index in [0.717, 1.165) is 13.2 Å². The van der Waals surface area contributed by atoms with Crippen LogP contribution in [0, 0.1) is 11.3 Å². The molecule has 0 saturated carbocycles. The smallest absolute Gasteiger partial charge is 0.420 e. The Kier molecular flexibility index (Phi) is 6.60. The third-order valence-corrected chi connectivity index (χ3v) is 4.62. The van der Waals surface area contributed by atoms with Crippen molar-refractivity contribution in [2.75, 3.05) is 27.6 Å². The third kappa shape index (κ3) is 4.33. The molecule has 0 spiro atoms. The van der Waals surface area contributed by atoms with Crippen LogP contribution >= 0.6 is 0 Å². The van der Waals surface area contributed by atoms with E-state index >= 15 is 0 Å².